The Morgan fingerprint density at radius 2 is 1.74 bits per heavy atom. The number of aromatic amines is 1. The molecule has 2 heterocycles. The molecule has 1 fully saturated rings. The third-order valence-corrected chi connectivity index (χ3v) is 6.90. The number of benzene rings is 2. The summed E-state index contributed by atoms with van der Waals surface area (Å²) in [6.07, 6.45) is 0.347. The van der Waals surface area contributed by atoms with Crippen molar-refractivity contribution in [3.8, 4) is 11.4 Å². The minimum atomic E-state index is -0.0311. The van der Waals surface area contributed by atoms with Crippen LogP contribution in [0.25, 0.3) is 11.4 Å². The summed E-state index contributed by atoms with van der Waals surface area (Å²) < 4.78 is 2.39. The Kier molecular flexibility index (Phi) is 7.77. The van der Waals surface area contributed by atoms with Crippen molar-refractivity contribution in [1.29, 1.82) is 0 Å². The highest BCUT2D eigenvalue weighted by atomic mass is 32.1. The van der Waals surface area contributed by atoms with E-state index in [0.29, 0.717) is 50.5 Å². The zero-order valence-corrected chi connectivity index (χ0v) is 21.3. The quantitative estimate of drug-likeness (QED) is 0.491. The minimum absolute atomic E-state index is 0.0311. The smallest absolute Gasteiger partial charge is 0.238 e. The summed E-state index contributed by atoms with van der Waals surface area (Å²) in [6.45, 7) is 9.43. The summed E-state index contributed by atoms with van der Waals surface area (Å²) in [5.74, 6) is 0.793. The van der Waals surface area contributed by atoms with Gasteiger partial charge in [0, 0.05) is 50.4 Å². The molecule has 1 saturated heterocycles. The molecule has 35 heavy (non-hydrogen) atoms. The lowest BCUT2D eigenvalue weighted by Gasteiger charge is -2.34. The number of aryl methyl sites for hydroxylation is 2. The van der Waals surface area contributed by atoms with Gasteiger partial charge in [-0.1, -0.05) is 42.0 Å². The van der Waals surface area contributed by atoms with Gasteiger partial charge in [0.1, 0.15) is 0 Å². The molecular formula is C26H32N6O2S. The van der Waals surface area contributed by atoms with Crippen LogP contribution < -0.4 is 5.32 Å². The van der Waals surface area contributed by atoms with E-state index in [-0.39, 0.29) is 11.8 Å². The van der Waals surface area contributed by atoms with Crippen LogP contribution in [0.4, 0.5) is 5.69 Å². The highest BCUT2D eigenvalue weighted by Crippen LogP contribution is 2.19. The van der Waals surface area contributed by atoms with Gasteiger partial charge in [0.25, 0.3) is 0 Å². The molecule has 184 valence electrons. The molecule has 0 bridgehead atoms. The van der Waals surface area contributed by atoms with Crippen molar-refractivity contribution in [3.63, 3.8) is 0 Å². The van der Waals surface area contributed by atoms with E-state index < -0.39 is 0 Å². The lowest BCUT2D eigenvalue weighted by atomic mass is 10.1. The molecule has 3 aromatic rings. The standard InChI is InChI=1S/C26H32N6O2S/c1-18-7-9-21(10-8-18)25-28-29-26(35)32(25)12-11-24(34)31-15-13-30(14-16-31)17-23(33)27-22-6-4-5-19(2)20(22)3/h4-10H,11-17H2,1-3H3,(H,27,33)(H,29,35). The van der Waals surface area contributed by atoms with Crippen LogP contribution in [0, 0.1) is 25.5 Å². The highest BCUT2D eigenvalue weighted by Gasteiger charge is 2.23. The average Bonchev–Trinajstić information content (AvgIpc) is 3.21. The summed E-state index contributed by atoms with van der Waals surface area (Å²) in [5.41, 5.74) is 5.22. The van der Waals surface area contributed by atoms with Crippen molar-refractivity contribution >= 4 is 29.7 Å². The number of piperazine rings is 1. The number of rotatable bonds is 7. The van der Waals surface area contributed by atoms with Crippen LogP contribution >= 0.6 is 12.2 Å². The number of hydrogen-bond donors (Lipinski definition) is 2. The number of anilines is 1. The van der Waals surface area contributed by atoms with Crippen LogP contribution in [0.15, 0.2) is 42.5 Å². The second kappa shape index (κ2) is 11.0. The molecule has 4 rings (SSSR count). The Morgan fingerprint density at radius 1 is 1.03 bits per heavy atom. The van der Waals surface area contributed by atoms with Gasteiger partial charge < -0.3 is 10.2 Å². The lowest BCUT2D eigenvalue weighted by Crippen LogP contribution is -2.50. The third-order valence-electron chi connectivity index (χ3n) is 6.59. The van der Waals surface area contributed by atoms with Crippen molar-refractivity contribution in [2.24, 2.45) is 0 Å². The maximum Gasteiger partial charge on any atom is 0.238 e. The van der Waals surface area contributed by atoms with Crippen molar-refractivity contribution < 1.29 is 9.59 Å². The average molecular weight is 493 g/mol. The number of aromatic nitrogens is 3. The van der Waals surface area contributed by atoms with Gasteiger partial charge in [-0.3, -0.25) is 24.2 Å². The molecule has 2 aromatic carbocycles. The van der Waals surface area contributed by atoms with E-state index in [4.69, 9.17) is 12.2 Å². The SMILES string of the molecule is Cc1ccc(-c2n[nH]c(=S)n2CCC(=O)N2CCN(CC(=O)Nc3cccc(C)c3C)CC2)cc1. The second-order valence-electron chi connectivity index (χ2n) is 9.07. The minimum Gasteiger partial charge on any atom is -0.340 e. The summed E-state index contributed by atoms with van der Waals surface area (Å²) in [4.78, 5) is 29.4. The first kappa shape index (κ1) is 24.8. The number of amides is 2. The monoisotopic (exact) mass is 492 g/mol. The molecule has 0 radical (unpaired) electrons. The molecule has 1 aromatic heterocycles. The van der Waals surface area contributed by atoms with Crippen LogP contribution in [0.3, 0.4) is 0 Å². The van der Waals surface area contributed by atoms with E-state index in [1.807, 2.05) is 72.7 Å². The first-order valence-electron chi connectivity index (χ1n) is 11.9. The molecule has 0 spiro atoms. The van der Waals surface area contributed by atoms with Crippen molar-refractivity contribution in [1.82, 2.24) is 24.6 Å². The van der Waals surface area contributed by atoms with Gasteiger partial charge in [0.05, 0.1) is 6.54 Å². The third kappa shape index (κ3) is 6.04. The number of nitrogens with one attached hydrogen (secondary N) is 2. The first-order valence-corrected chi connectivity index (χ1v) is 12.3. The van der Waals surface area contributed by atoms with Crippen LogP contribution in [0.1, 0.15) is 23.1 Å². The van der Waals surface area contributed by atoms with E-state index in [2.05, 4.69) is 20.4 Å². The Morgan fingerprint density at radius 3 is 2.46 bits per heavy atom. The Bertz CT molecular complexity index is 1260. The first-order chi connectivity index (χ1) is 16.8. The normalized spacial score (nSPS) is 14.2. The van der Waals surface area contributed by atoms with Gasteiger partial charge in [-0.15, -0.1) is 0 Å². The van der Waals surface area contributed by atoms with Gasteiger partial charge >= 0.3 is 0 Å². The molecule has 9 heteroatoms. The predicted molar refractivity (Wildman–Crippen MR) is 140 cm³/mol. The van der Waals surface area contributed by atoms with Crippen LogP contribution in [0.2, 0.25) is 0 Å². The van der Waals surface area contributed by atoms with Crippen molar-refractivity contribution in [3.05, 3.63) is 63.9 Å². The summed E-state index contributed by atoms with van der Waals surface area (Å²) >= 11 is 5.40. The predicted octanol–water partition coefficient (Wildman–Crippen LogP) is 3.71. The fourth-order valence-corrected chi connectivity index (χ4v) is 4.47. The van der Waals surface area contributed by atoms with Gasteiger partial charge in [0.15, 0.2) is 10.6 Å². The number of H-pyrrole nitrogens is 1. The number of nitrogens with zero attached hydrogens (tertiary/aromatic N) is 4. The van der Waals surface area contributed by atoms with Gasteiger partial charge in [-0.05, 0) is 50.2 Å². The Hall–Kier alpha value is -3.30. The molecule has 1 aliphatic heterocycles. The van der Waals surface area contributed by atoms with Crippen molar-refractivity contribution in [2.45, 2.75) is 33.7 Å². The van der Waals surface area contributed by atoms with Gasteiger partial charge in [-0.2, -0.15) is 5.10 Å². The summed E-state index contributed by atoms with van der Waals surface area (Å²) in [5, 5.41) is 10.2. The molecule has 1 aliphatic rings. The fourth-order valence-electron chi connectivity index (χ4n) is 4.25. The Balaban J connectivity index is 1.27. The second-order valence-corrected chi connectivity index (χ2v) is 9.46. The topological polar surface area (TPSA) is 86.3 Å². The molecule has 8 nitrogen and oxygen atoms in total. The Labute approximate surface area is 210 Å². The number of carbonyl (C=O) groups excluding carboxylic acids is 2. The molecular weight excluding hydrogens is 460 g/mol. The van der Waals surface area contributed by atoms with Crippen molar-refractivity contribution in [2.75, 3.05) is 38.0 Å². The van der Waals surface area contributed by atoms with Crippen LogP contribution in [-0.2, 0) is 16.1 Å². The number of carbonyl (C=O) groups is 2. The zero-order valence-electron chi connectivity index (χ0n) is 20.5. The molecule has 2 amide bonds. The van der Waals surface area contributed by atoms with E-state index in [1.54, 1.807) is 0 Å². The van der Waals surface area contributed by atoms with Gasteiger partial charge in [-0.25, -0.2) is 0 Å². The lowest BCUT2D eigenvalue weighted by molar-refractivity contribution is -0.133. The maximum absolute atomic E-state index is 12.9. The highest BCUT2D eigenvalue weighted by molar-refractivity contribution is 7.71. The summed E-state index contributed by atoms with van der Waals surface area (Å²) in [6, 6.07) is 14.0. The van der Waals surface area contributed by atoms with Crippen LogP contribution in [0.5, 0.6) is 0 Å². The molecule has 2 N–H and O–H groups in total. The zero-order chi connectivity index (χ0) is 24.9. The molecule has 0 atom stereocenters. The number of hydrogen-bond acceptors (Lipinski definition) is 5. The van der Waals surface area contributed by atoms with E-state index in [0.717, 1.165) is 28.2 Å². The molecule has 0 unspecified atom stereocenters. The maximum atomic E-state index is 12.9. The van der Waals surface area contributed by atoms with E-state index in [9.17, 15) is 9.59 Å². The fraction of sp³-hybridized carbons (Fsp3) is 0.385. The summed E-state index contributed by atoms with van der Waals surface area (Å²) in [7, 11) is 0. The van der Waals surface area contributed by atoms with Gasteiger partial charge in [0.2, 0.25) is 11.8 Å². The molecule has 0 aliphatic carbocycles. The van der Waals surface area contributed by atoms with E-state index >= 15 is 0 Å². The largest absolute Gasteiger partial charge is 0.340 e. The van der Waals surface area contributed by atoms with Crippen LogP contribution in [-0.4, -0.2) is 69.1 Å². The molecule has 0 saturated carbocycles. The van der Waals surface area contributed by atoms with E-state index in [1.165, 1.54) is 5.56 Å².